The van der Waals surface area contributed by atoms with Gasteiger partial charge in [0.2, 0.25) is 0 Å². The Bertz CT molecular complexity index is 646. The molecule has 0 spiro atoms. The molecule has 106 valence electrons. The summed E-state index contributed by atoms with van der Waals surface area (Å²) in [7, 11) is 2.11. The Kier molecular flexibility index (Phi) is 3.21. The number of aromatic nitrogens is 2. The lowest BCUT2D eigenvalue weighted by Gasteiger charge is -2.39. The van der Waals surface area contributed by atoms with Crippen LogP contribution < -0.4 is 0 Å². The van der Waals surface area contributed by atoms with E-state index in [-0.39, 0.29) is 11.4 Å². The molecule has 1 aromatic carbocycles. The number of hydrogen-bond donors (Lipinski definition) is 0. The Morgan fingerprint density at radius 2 is 1.85 bits per heavy atom. The molecule has 0 unspecified atom stereocenters. The van der Waals surface area contributed by atoms with Crippen LogP contribution in [-0.2, 0) is 12.1 Å². The van der Waals surface area contributed by atoms with Crippen molar-refractivity contribution in [3.05, 3.63) is 40.5 Å². The average Bonchev–Trinajstić information content (AvgIpc) is 2.74. The predicted molar refractivity (Wildman–Crippen MR) is 81.0 cm³/mol. The zero-order chi connectivity index (χ0) is 14.5. The first-order valence-electron chi connectivity index (χ1n) is 6.65. The molecular weight excluding hydrogens is 321 g/mol. The summed E-state index contributed by atoms with van der Waals surface area (Å²) in [5.74, 6) is 0.811. The van der Waals surface area contributed by atoms with Crippen LogP contribution >= 0.6 is 15.9 Å². The van der Waals surface area contributed by atoms with Crippen molar-refractivity contribution in [3.63, 3.8) is 0 Å². The number of hydrogen-bond acceptors (Lipinski definition) is 2. The Balaban J connectivity index is 2.14. The van der Waals surface area contributed by atoms with Gasteiger partial charge < -0.3 is 4.57 Å². The SMILES string of the molecule is CN1CCn2c(nc(-c3ccc(F)cc3)c2Br)C1(C)C. The molecule has 1 aromatic heterocycles. The third kappa shape index (κ3) is 2.00. The van der Waals surface area contributed by atoms with Crippen molar-refractivity contribution in [3.8, 4) is 11.3 Å². The molecule has 0 amide bonds. The van der Waals surface area contributed by atoms with E-state index in [4.69, 9.17) is 4.98 Å². The number of halogens is 2. The van der Waals surface area contributed by atoms with Crippen LogP contribution in [0, 0.1) is 5.82 Å². The number of nitrogens with zero attached hydrogens (tertiary/aromatic N) is 3. The maximum atomic E-state index is 13.1. The second-order valence-electron chi connectivity index (χ2n) is 5.71. The van der Waals surface area contributed by atoms with Gasteiger partial charge in [-0.15, -0.1) is 0 Å². The molecule has 0 bridgehead atoms. The van der Waals surface area contributed by atoms with E-state index in [1.165, 1.54) is 12.1 Å². The Morgan fingerprint density at radius 3 is 2.50 bits per heavy atom. The standard InChI is InChI=1S/C15H17BrFN3/c1-15(2)14-18-12(10-4-6-11(17)7-5-10)13(16)20(14)9-8-19(15)3/h4-7H,8-9H2,1-3H3. The minimum atomic E-state index is -0.228. The highest BCUT2D eigenvalue weighted by molar-refractivity contribution is 9.10. The fourth-order valence-corrected chi connectivity index (χ4v) is 3.26. The summed E-state index contributed by atoms with van der Waals surface area (Å²) in [6.45, 7) is 6.24. The molecule has 0 aliphatic carbocycles. The van der Waals surface area contributed by atoms with E-state index in [2.05, 4.69) is 46.3 Å². The molecule has 0 saturated heterocycles. The molecule has 1 aliphatic heterocycles. The Hall–Kier alpha value is -1.20. The lowest BCUT2D eigenvalue weighted by molar-refractivity contribution is 0.109. The van der Waals surface area contributed by atoms with Crippen molar-refractivity contribution in [1.82, 2.24) is 14.5 Å². The van der Waals surface area contributed by atoms with E-state index in [0.717, 1.165) is 34.8 Å². The van der Waals surface area contributed by atoms with Crippen LogP contribution in [0.4, 0.5) is 4.39 Å². The van der Waals surface area contributed by atoms with E-state index in [0.29, 0.717) is 0 Å². The highest BCUT2D eigenvalue weighted by Gasteiger charge is 2.36. The van der Waals surface area contributed by atoms with E-state index < -0.39 is 0 Å². The van der Waals surface area contributed by atoms with Crippen molar-refractivity contribution < 1.29 is 4.39 Å². The van der Waals surface area contributed by atoms with E-state index in [1.807, 2.05) is 0 Å². The topological polar surface area (TPSA) is 21.1 Å². The molecule has 0 fully saturated rings. The minimum Gasteiger partial charge on any atom is -0.319 e. The van der Waals surface area contributed by atoms with Gasteiger partial charge in [-0.3, -0.25) is 4.90 Å². The molecule has 0 N–H and O–H groups in total. The fourth-order valence-electron chi connectivity index (χ4n) is 2.60. The second-order valence-corrected chi connectivity index (χ2v) is 6.47. The van der Waals surface area contributed by atoms with Gasteiger partial charge in [-0.25, -0.2) is 9.37 Å². The summed E-state index contributed by atoms with van der Waals surface area (Å²) in [5.41, 5.74) is 1.70. The number of likely N-dealkylation sites (N-methyl/N-ethyl adjacent to an activating group) is 1. The van der Waals surface area contributed by atoms with Gasteiger partial charge in [-0.2, -0.15) is 0 Å². The van der Waals surface area contributed by atoms with Gasteiger partial charge in [0.25, 0.3) is 0 Å². The monoisotopic (exact) mass is 337 g/mol. The molecule has 1 aliphatic rings. The van der Waals surface area contributed by atoms with E-state index >= 15 is 0 Å². The van der Waals surface area contributed by atoms with Crippen LogP contribution in [0.15, 0.2) is 28.9 Å². The van der Waals surface area contributed by atoms with Gasteiger partial charge >= 0.3 is 0 Å². The smallest absolute Gasteiger partial charge is 0.130 e. The van der Waals surface area contributed by atoms with Gasteiger partial charge in [-0.05, 0) is 61.1 Å². The van der Waals surface area contributed by atoms with Crippen molar-refractivity contribution in [1.29, 1.82) is 0 Å². The highest BCUT2D eigenvalue weighted by Crippen LogP contribution is 2.37. The normalized spacial score (nSPS) is 18.1. The average molecular weight is 338 g/mol. The lowest BCUT2D eigenvalue weighted by atomic mass is 10.0. The fraction of sp³-hybridized carbons (Fsp3) is 0.400. The molecular formula is C15H17BrFN3. The van der Waals surface area contributed by atoms with Gasteiger partial charge in [0.05, 0.1) is 5.54 Å². The largest absolute Gasteiger partial charge is 0.319 e. The quantitative estimate of drug-likeness (QED) is 0.792. The third-order valence-corrected chi connectivity index (χ3v) is 4.99. The van der Waals surface area contributed by atoms with Crippen LogP contribution in [0.2, 0.25) is 0 Å². The van der Waals surface area contributed by atoms with Crippen molar-refractivity contribution in [2.75, 3.05) is 13.6 Å². The zero-order valence-corrected chi connectivity index (χ0v) is 13.4. The van der Waals surface area contributed by atoms with Crippen molar-refractivity contribution >= 4 is 15.9 Å². The van der Waals surface area contributed by atoms with Crippen LogP contribution in [0.5, 0.6) is 0 Å². The van der Waals surface area contributed by atoms with E-state index in [9.17, 15) is 4.39 Å². The Morgan fingerprint density at radius 1 is 1.20 bits per heavy atom. The number of benzene rings is 1. The summed E-state index contributed by atoms with van der Waals surface area (Å²) in [5, 5.41) is 0. The molecule has 2 heterocycles. The Labute approximate surface area is 126 Å². The number of fused-ring (bicyclic) bond motifs is 1. The molecule has 3 rings (SSSR count). The summed E-state index contributed by atoms with van der Waals surface area (Å²) in [4.78, 5) is 7.11. The molecule has 2 aromatic rings. The first-order chi connectivity index (χ1) is 9.41. The molecule has 0 atom stereocenters. The lowest BCUT2D eigenvalue weighted by Crippen LogP contribution is -2.46. The van der Waals surface area contributed by atoms with Gasteiger partial charge in [-0.1, -0.05) is 0 Å². The van der Waals surface area contributed by atoms with Crippen LogP contribution in [-0.4, -0.2) is 28.0 Å². The minimum absolute atomic E-state index is 0.112. The third-order valence-electron chi connectivity index (χ3n) is 4.18. The van der Waals surface area contributed by atoms with Crippen LogP contribution in [0.3, 0.4) is 0 Å². The first-order valence-corrected chi connectivity index (χ1v) is 7.44. The molecule has 0 radical (unpaired) electrons. The zero-order valence-electron chi connectivity index (χ0n) is 11.8. The maximum absolute atomic E-state index is 13.1. The first kappa shape index (κ1) is 13.8. The second kappa shape index (κ2) is 4.67. The van der Waals surface area contributed by atoms with Crippen LogP contribution in [0.1, 0.15) is 19.7 Å². The number of imidazole rings is 1. The summed E-state index contributed by atoms with van der Waals surface area (Å²) >= 11 is 3.65. The molecule has 20 heavy (non-hydrogen) atoms. The van der Waals surface area contributed by atoms with Gasteiger partial charge in [0.15, 0.2) is 0 Å². The molecule has 3 nitrogen and oxygen atoms in total. The van der Waals surface area contributed by atoms with Gasteiger partial charge in [0.1, 0.15) is 21.9 Å². The highest BCUT2D eigenvalue weighted by atomic mass is 79.9. The molecule has 0 saturated carbocycles. The van der Waals surface area contributed by atoms with Gasteiger partial charge in [0, 0.05) is 18.7 Å². The maximum Gasteiger partial charge on any atom is 0.130 e. The van der Waals surface area contributed by atoms with Crippen molar-refractivity contribution in [2.24, 2.45) is 0 Å². The summed E-state index contributed by atoms with van der Waals surface area (Å²) in [6, 6.07) is 6.48. The number of rotatable bonds is 1. The van der Waals surface area contributed by atoms with E-state index in [1.54, 1.807) is 12.1 Å². The van der Waals surface area contributed by atoms with Crippen LogP contribution in [0.25, 0.3) is 11.3 Å². The molecule has 5 heteroatoms. The summed E-state index contributed by atoms with van der Waals surface area (Å²) in [6.07, 6.45) is 0. The van der Waals surface area contributed by atoms with Crippen molar-refractivity contribution in [2.45, 2.75) is 25.9 Å². The summed E-state index contributed by atoms with van der Waals surface area (Å²) < 4.78 is 16.2. The predicted octanol–water partition coefficient (Wildman–Crippen LogP) is 3.63.